The van der Waals surface area contributed by atoms with Crippen molar-refractivity contribution in [2.75, 3.05) is 0 Å². The van der Waals surface area contributed by atoms with Crippen LogP contribution in [0.25, 0.3) is 0 Å². The first-order valence-corrected chi connectivity index (χ1v) is 6.12. The highest BCUT2D eigenvalue weighted by Crippen LogP contribution is 2.24. The molecule has 0 bridgehead atoms. The van der Waals surface area contributed by atoms with Gasteiger partial charge in [0.1, 0.15) is 5.82 Å². The molecule has 2 N–H and O–H groups in total. The minimum absolute atomic E-state index is 0.0543. The average molecular weight is 306 g/mol. The van der Waals surface area contributed by atoms with Crippen LogP contribution in [0.2, 0.25) is 0 Å². The zero-order valence-corrected chi connectivity index (χ0v) is 11.2. The predicted octanol–water partition coefficient (Wildman–Crippen LogP) is 3.28. The van der Waals surface area contributed by atoms with Crippen molar-refractivity contribution in [2.45, 2.75) is 26.3 Å². The average Bonchev–Trinajstić information content (AvgIpc) is 2.32. The largest absolute Gasteiger partial charge is 0.321 e. The first-order valence-electron chi connectivity index (χ1n) is 5.33. The van der Waals surface area contributed by atoms with Crippen LogP contribution in [0, 0.1) is 17.6 Å². The van der Waals surface area contributed by atoms with Crippen molar-refractivity contribution in [3.8, 4) is 0 Å². The third-order valence-electron chi connectivity index (χ3n) is 2.85. The second-order valence-electron chi connectivity index (χ2n) is 3.99. The van der Waals surface area contributed by atoms with Crippen LogP contribution >= 0.6 is 15.9 Å². The van der Waals surface area contributed by atoms with E-state index >= 15 is 0 Å². The summed E-state index contributed by atoms with van der Waals surface area (Å²) in [7, 11) is 0. The third-order valence-corrected chi connectivity index (χ3v) is 3.46. The van der Waals surface area contributed by atoms with Crippen LogP contribution in [0.1, 0.15) is 30.6 Å². The molecule has 0 aliphatic rings. The van der Waals surface area contributed by atoms with Gasteiger partial charge in [0, 0.05) is 0 Å². The molecule has 0 aliphatic heterocycles. The van der Waals surface area contributed by atoms with E-state index in [1.165, 1.54) is 6.07 Å². The summed E-state index contributed by atoms with van der Waals surface area (Å²) in [6.07, 6.45) is 0.671. The lowest BCUT2D eigenvalue weighted by molar-refractivity contribution is 0.0926. The summed E-state index contributed by atoms with van der Waals surface area (Å²) in [6.45, 7) is 3.64. The molecule has 1 rings (SSSR count). The normalized spacial score (nSPS) is 14.5. The number of nitrogens with two attached hydrogens (primary N) is 1. The Kier molecular flexibility index (Phi) is 4.77. The molecule has 0 fully saturated rings. The number of carbonyl (C=O) groups is 1. The molecule has 2 nitrogen and oxygen atoms in total. The van der Waals surface area contributed by atoms with Crippen molar-refractivity contribution >= 4 is 21.7 Å². The molecule has 1 aromatic rings. The van der Waals surface area contributed by atoms with Crippen molar-refractivity contribution in [1.29, 1.82) is 0 Å². The van der Waals surface area contributed by atoms with Gasteiger partial charge in [-0.2, -0.15) is 0 Å². The van der Waals surface area contributed by atoms with Crippen LogP contribution in [0.15, 0.2) is 16.6 Å². The van der Waals surface area contributed by atoms with Gasteiger partial charge in [-0.05, 0) is 34.0 Å². The second-order valence-corrected chi connectivity index (χ2v) is 4.85. The maximum Gasteiger partial charge on any atom is 0.185 e. The fraction of sp³-hybridized carbons (Fsp3) is 0.417. The Morgan fingerprint density at radius 1 is 1.47 bits per heavy atom. The van der Waals surface area contributed by atoms with Crippen LogP contribution in [0.5, 0.6) is 0 Å². The highest BCUT2D eigenvalue weighted by Gasteiger charge is 2.27. The van der Waals surface area contributed by atoms with E-state index < -0.39 is 29.0 Å². The Morgan fingerprint density at radius 3 is 2.59 bits per heavy atom. The summed E-state index contributed by atoms with van der Waals surface area (Å²) in [4.78, 5) is 11.9. The van der Waals surface area contributed by atoms with E-state index in [9.17, 15) is 13.6 Å². The summed E-state index contributed by atoms with van der Waals surface area (Å²) in [5.41, 5.74) is 5.13. The Balaban J connectivity index is 3.17. The lowest BCUT2D eigenvalue weighted by atomic mass is 9.92. The molecule has 1 aromatic carbocycles. The third kappa shape index (κ3) is 2.90. The fourth-order valence-corrected chi connectivity index (χ4v) is 1.76. The van der Waals surface area contributed by atoms with Crippen LogP contribution in [-0.2, 0) is 0 Å². The molecule has 17 heavy (non-hydrogen) atoms. The zero-order chi connectivity index (χ0) is 13.2. The highest BCUT2D eigenvalue weighted by atomic mass is 79.9. The number of rotatable bonds is 4. The van der Waals surface area contributed by atoms with Crippen LogP contribution in [-0.4, -0.2) is 11.8 Å². The number of Topliss-reactive ketones (excluding diaryl/α,β-unsaturated/α-hetero) is 1. The molecular weight excluding hydrogens is 292 g/mol. The van der Waals surface area contributed by atoms with Crippen molar-refractivity contribution in [3.63, 3.8) is 0 Å². The molecule has 0 heterocycles. The van der Waals surface area contributed by atoms with E-state index in [4.69, 9.17) is 5.73 Å². The first kappa shape index (κ1) is 14.3. The summed E-state index contributed by atoms with van der Waals surface area (Å²) in [6, 6.07) is 1.37. The second kappa shape index (κ2) is 5.69. The van der Waals surface area contributed by atoms with E-state index in [-0.39, 0.29) is 10.4 Å². The van der Waals surface area contributed by atoms with Gasteiger partial charge in [-0.1, -0.05) is 20.3 Å². The molecular formula is C12H14BrF2NO. The standard InChI is InChI=1S/C12H14BrF2NO/c1-3-6(2)11(16)12(17)9-8(14)5-4-7(13)10(9)15/h4-6,11H,3,16H2,1-2H3. The number of carbonyl (C=O) groups excluding carboxylic acids is 1. The molecule has 0 aromatic heterocycles. The molecule has 5 heteroatoms. The lowest BCUT2D eigenvalue weighted by Crippen LogP contribution is -2.37. The summed E-state index contributed by atoms with van der Waals surface area (Å²) >= 11 is 2.92. The number of hydrogen-bond donors (Lipinski definition) is 1. The summed E-state index contributed by atoms with van der Waals surface area (Å²) in [5.74, 6) is -2.60. The van der Waals surface area contributed by atoms with Gasteiger partial charge in [0.15, 0.2) is 11.6 Å². The van der Waals surface area contributed by atoms with Gasteiger partial charge in [0.25, 0.3) is 0 Å². The first-order chi connectivity index (χ1) is 7.90. The number of halogens is 3. The lowest BCUT2D eigenvalue weighted by Gasteiger charge is -2.17. The maximum atomic E-state index is 13.7. The Bertz CT molecular complexity index is 437. The topological polar surface area (TPSA) is 43.1 Å². The minimum Gasteiger partial charge on any atom is -0.321 e. The maximum absolute atomic E-state index is 13.7. The molecule has 0 saturated heterocycles. The molecule has 0 saturated carbocycles. The van der Waals surface area contributed by atoms with E-state index in [0.29, 0.717) is 6.42 Å². The van der Waals surface area contributed by atoms with Gasteiger partial charge < -0.3 is 5.73 Å². The van der Waals surface area contributed by atoms with Crippen molar-refractivity contribution < 1.29 is 13.6 Å². The Morgan fingerprint density at radius 2 is 2.06 bits per heavy atom. The number of hydrogen-bond acceptors (Lipinski definition) is 2. The molecule has 2 atom stereocenters. The molecule has 0 amide bonds. The molecule has 0 spiro atoms. The Labute approximate surface area is 107 Å². The van der Waals surface area contributed by atoms with Gasteiger partial charge in [0.2, 0.25) is 0 Å². The van der Waals surface area contributed by atoms with Crippen molar-refractivity contribution in [1.82, 2.24) is 0 Å². The Hall–Kier alpha value is -0.810. The van der Waals surface area contributed by atoms with Gasteiger partial charge in [-0.3, -0.25) is 4.79 Å². The molecule has 0 radical (unpaired) electrons. The van der Waals surface area contributed by atoms with Crippen LogP contribution in [0.3, 0.4) is 0 Å². The summed E-state index contributed by atoms with van der Waals surface area (Å²) < 4.78 is 27.2. The van der Waals surface area contributed by atoms with Gasteiger partial charge >= 0.3 is 0 Å². The minimum atomic E-state index is -0.895. The van der Waals surface area contributed by atoms with Gasteiger partial charge in [0.05, 0.1) is 16.1 Å². The van der Waals surface area contributed by atoms with Gasteiger partial charge in [-0.15, -0.1) is 0 Å². The van der Waals surface area contributed by atoms with Crippen LogP contribution in [0.4, 0.5) is 8.78 Å². The highest BCUT2D eigenvalue weighted by molar-refractivity contribution is 9.10. The van der Waals surface area contributed by atoms with E-state index in [1.807, 2.05) is 6.92 Å². The molecule has 2 unspecified atom stereocenters. The fourth-order valence-electron chi connectivity index (χ4n) is 1.43. The van der Waals surface area contributed by atoms with Crippen molar-refractivity contribution in [2.24, 2.45) is 11.7 Å². The smallest absolute Gasteiger partial charge is 0.185 e. The quantitative estimate of drug-likeness (QED) is 0.685. The van der Waals surface area contributed by atoms with E-state index in [2.05, 4.69) is 15.9 Å². The zero-order valence-electron chi connectivity index (χ0n) is 9.64. The molecule has 94 valence electrons. The molecule has 0 aliphatic carbocycles. The van der Waals surface area contributed by atoms with Crippen LogP contribution < -0.4 is 5.73 Å². The van der Waals surface area contributed by atoms with E-state index in [1.54, 1.807) is 6.92 Å². The van der Waals surface area contributed by atoms with E-state index in [0.717, 1.165) is 6.07 Å². The predicted molar refractivity (Wildman–Crippen MR) is 65.8 cm³/mol. The van der Waals surface area contributed by atoms with Gasteiger partial charge in [-0.25, -0.2) is 8.78 Å². The SMILES string of the molecule is CCC(C)C(N)C(=O)c1c(F)ccc(Br)c1F. The number of ketones is 1. The monoisotopic (exact) mass is 305 g/mol. The summed E-state index contributed by atoms with van der Waals surface area (Å²) in [5, 5.41) is 0. The number of benzene rings is 1. The van der Waals surface area contributed by atoms with Crippen molar-refractivity contribution in [3.05, 3.63) is 33.8 Å².